The number of hydrogen-bond donors (Lipinski definition) is 1. The fourth-order valence-electron chi connectivity index (χ4n) is 2.72. The number of nitrogens with zero attached hydrogens (tertiary/aromatic N) is 1. The van der Waals surface area contributed by atoms with Crippen molar-refractivity contribution in [1.82, 2.24) is 5.32 Å². The molecule has 118 valence electrons. The predicted octanol–water partition coefficient (Wildman–Crippen LogP) is 4.86. The number of para-hydroxylation sites is 1. The minimum atomic E-state index is -0.117. The topological polar surface area (TPSA) is 24.5 Å². The van der Waals surface area contributed by atoms with Gasteiger partial charge in [-0.25, -0.2) is 0 Å². The molecule has 1 aliphatic heterocycles. The minimum absolute atomic E-state index is 0.117. The summed E-state index contributed by atoms with van der Waals surface area (Å²) in [6.07, 6.45) is 2.18. The molecular weight excluding hydrogens is 304 g/mol. The lowest BCUT2D eigenvalue weighted by Gasteiger charge is -2.38. The number of allylic oxidation sites excluding steroid dienone is 1. The Morgan fingerprint density at radius 3 is 2.17 bits per heavy atom. The molecule has 0 radical (unpaired) electrons. The van der Waals surface area contributed by atoms with Crippen LogP contribution in [0.5, 0.6) is 11.5 Å². The molecule has 3 rings (SSSR count). The van der Waals surface area contributed by atoms with E-state index >= 15 is 0 Å². The maximum Gasteiger partial charge on any atom is 0.178 e. The molecule has 0 aromatic heterocycles. The van der Waals surface area contributed by atoms with Crippen LogP contribution in [0.4, 0.5) is 5.69 Å². The van der Waals surface area contributed by atoms with Gasteiger partial charge in [0.05, 0.1) is 5.54 Å². The zero-order chi connectivity index (χ0) is 16.4. The number of anilines is 1. The van der Waals surface area contributed by atoms with Gasteiger partial charge in [0, 0.05) is 11.4 Å². The molecule has 23 heavy (non-hydrogen) atoms. The van der Waals surface area contributed by atoms with Crippen molar-refractivity contribution in [2.45, 2.75) is 26.3 Å². The lowest BCUT2D eigenvalue weighted by Crippen LogP contribution is -2.53. The van der Waals surface area contributed by atoms with Crippen molar-refractivity contribution in [3.05, 3.63) is 66.4 Å². The van der Waals surface area contributed by atoms with Crippen LogP contribution in [-0.2, 0) is 0 Å². The summed E-state index contributed by atoms with van der Waals surface area (Å²) in [7, 11) is 0. The van der Waals surface area contributed by atoms with Crippen LogP contribution in [0.3, 0.4) is 0 Å². The fraction of sp³-hybridized carbons (Fsp3) is 0.211. The van der Waals surface area contributed by atoms with Crippen LogP contribution in [0, 0.1) is 0 Å². The van der Waals surface area contributed by atoms with Gasteiger partial charge < -0.3 is 10.1 Å². The van der Waals surface area contributed by atoms with E-state index in [9.17, 15) is 0 Å². The first-order chi connectivity index (χ1) is 10.9. The number of nitrogens with one attached hydrogen (secondary N) is 1. The third-order valence-corrected chi connectivity index (χ3v) is 3.91. The second-order valence-electron chi connectivity index (χ2n) is 6.18. The summed E-state index contributed by atoms with van der Waals surface area (Å²) >= 11 is 5.52. The molecule has 1 aliphatic rings. The molecule has 0 unspecified atom stereocenters. The first kappa shape index (κ1) is 15.6. The Morgan fingerprint density at radius 1 is 0.957 bits per heavy atom. The van der Waals surface area contributed by atoms with Crippen LogP contribution < -0.4 is 15.0 Å². The Bertz CT molecular complexity index is 736. The van der Waals surface area contributed by atoms with Crippen LogP contribution >= 0.6 is 12.2 Å². The molecule has 1 N–H and O–H groups in total. The van der Waals surface area contributed by atoms with E-state index in [1.807, 2.05) is 59.5 Å². The normalized spacial score (nSPS) is 16.6. The van der Waals surface area contributed by atoms with Gasteiger partial charge in [0.2, 0.25) is 0 Å². The Balaban J connectivity index is 1.81. The number of ether oxygens (including phenoxy) is 1. The number of rotatable bonds is 3. The summed E-state index contributed by atoms with van der Waals surface area (Å²) in [6.45, 7) is 6.29. The molecule has 0 atom stereocenters. The maximum atomic E-state index is 5.83. The van der Waals surface area contributed by atoms with Crippen molar-refractivity contribution in [2.75, 3.05) is 4.90 Å². The van der Waals surface area contributed by atoms with E-state index in [1.165, 1.54) is 0 Å². The van der Waals surface area contributed by atoms with E-state index < -0.39 is 0 Å². The summed E-state index contributed by atoms with van der Waals surface area (Å²) < 4.78 is 5.83. The lowest BCUT2D eigenvalue weighted by atomic mass is 10.0. The van der Waals surface area contributed by atoms with Crippen LogP contribution in [-0.4, -0.2) is 10.7 Å². The quantitative estimate of drug-likeness (QED) is 0.815. The van der Waals surface area contributed by atoms with Gasteiger partial charge in [-0.3, -0.25) is 4.90 Å². The van der Waals surface area contributed by atoms with Crippen molar-refractivity contribution < 1.29 is 4.74 Å². The SMILES string of the molecule is CC1=CC(C)(C)NC(=S)N1c1ccc(Oc2ccccc2)cc1. The van der Waals surface area contributed by atoms with E-state index in [1.54, 1.807) is 0 Å². The summed E-state index contributed by atoms with van der Waals surface area (Å²) in [5.74, 6) is 1.63. The van der Waals surface area contributed by atoms with Gasteiger partial charge in [0.1, 0.15) is 11.5 Å². The highest BCUT2D eigenvalue weighted by Crippen LogP contribution is 2.29. The van der Waals surface area contributed by atoms with Gasteiger partial charge in [-0.15, -0.1) is 0 Å². The third-order valence-electron chi connectivity index (χ3n) is 3.63. The summed E-state index contributed by atoms with van der Waals surface area (Å²) in [4.78, 5) is 2.03. The molecule has 0 aliphatic carbocycles. The Labute approximate surface area is 142 Å². The van der Waals surface area contributed by atoms with Crippen molar-refractivity contribution in [1.29, 1.82) is 0 Å². The highest BCUT2D eigenvalue weighted by Gasteiger charge is 2.27. The molecule has 0 saturated carbocycles. The largest absolute Gasteiger partial charge is 0.457 e. The van der Waals surface area contributed by atoms with Gasteiger partial charge in [-0.05, 0) is 75.5 Å². The first-order valence-corrected chi connectivity index (χ1v) is 8.00. The maximum absolute atomic E-state index is 5.83. The molecule has 0 bridgehead atoms. The van der Waals surface area contributed by atoms with Gasteiger partial charge in [0.25, 0.3) is 0 Å². The van der Waals surface area contributed by atoms with E-state index in [0.717, 1.165) is 22.9 Å². The predicted molar refractivity (Wildman–Crippen MR) is 99.0 cm³/mol. The standard InChI is InChI=1S/C19H20N2OS/c1-14-13-19(2,3)20-18(23)21(14)15-9-11-17(12-10-15)22-16-7-5-4-6-8-16/h4-13H,1-3H3,(H,20,23). The molecular formula is C19H20N2OS. The second-order valence-corrected chi connectivity index (χ2v) is 6.57. The first-order valence-electron chi connectivity index (χ1n) is 7.59. The number of benzene rings is 2. The summed E-state index contributed by atoms with van der Waals surface area (Å²) in [5.41, 5.74) is 2.02. The van der Waals surface area contributed by atoms with Crippen molar-refractivity contribution in [3.8, 4) is 11.5 Å². The van der Waals surface area contributed by atoms with E-state index in [4.69, 9.17) is 17.0 Å². The smallest absolute Gasteiger partial charge is 0.178 e. The Hall–Kier alpha value is -2.33. The minimum Gasteiger partial charge on any atom is -0.457 e. The van der Waals surface area contributed by atoms with Gasteiger partial charge in [-0.1, -0.05) is 18.2 Å². The zero-order valence-electron chi connectivity index (χ0n) is 13.5. The van der Waals surface area contributed by atoms with Gasteiger partial charge in [0.15, 0.2) is 5.11 Å². The molecule has 1 heterocycles. The zero-order valence-corrected chi connectivity index (χ0v) is 14.4. The lowest BCUT2D eigenvalue weighted by molar-refractivity contribution is 0.482. The average molecular weight is 324 g/mol. The summed E-state index contributed by atoms with van der Waals surface area (Å²) in [5, 5.41) is 4.05. The van der Waals surface area contributed by atoms with Gasteiger partial charge in [-0.2, -0.15) is 0 Å². The van der Waals surface area contributed by atoms with E-state index in [-0.39, 0.29) is 5.54 Å². The summed E-state index contributed by atoms with van der Waals surface area (Å²) in [6, 6.07) is 17.7. The van der Waals surface area contributed by atoms with E-state index in [0.29, 0.717) is 5.11 Å². The van der Waals surface area contributed by atoms with Crippen molar-refractivity contribution in [3.63, 3.8) is 0 Å². The number of thiocarbonyl (C=S) groups is 1. The Morgan fingerprint density at radius 2 is 1.57 bits per heavy atom. The van der Waals surface area contributed by atoms with E-state index in [2.05, 4.69) is 32.2 Å². The molecule has 4 heteroatoms. The molecule has 0 spiro atoms. The highest BCUT2D eigenvalue weighted by atomic mass is 32.1. The molecule has 0 saturated heterocycles. The number of hydrogen-bond acceptors (Lipinski definition) is 2. The fourth-order valence-corrected chi connectivity index (χ4v) is 3.24. The molecule has 0 fully saturated rings. The molecule has 2 aromatic rings. The van der Waals surface area contributed by atoms with Crippen molar-refractivity contribution >= 4 is 23.0 Å². The Kier molecular flexibility index (Phi) is 4.09. The average Bonchev–Trinajstić information content (AvgIpc) is 2.48. The molecule has 2 aromatic carbocycles. The van der Waals surface area contributed by atoms with Crippen molar-refractivity contribution in [2.24, 2.45) is 0 Å². The molecule has 0 amide bonds. The van der Waals surface area contributed by atoms with Crippen LogP contribution in [0.2, 0.25) is 0 Å². The monoisotopic (exact) mass is 324 g/mol. The highest BCUT2D eigenvalue weighted by molar-refractivity contribution is 7.80. The third kappa shape index (κ3) is 3.54. The van der Waals surface area contributed by atoms with Gasteiger partial charge >= 0.3 is 0 Å². The van der Waals surface area contributed by atoms with Crippen LogP contribution in [0.15, 0.2) is 66.4 Å². The molecule has 3 nitrogen and oxygen atoms in total. The second kappa shape index (κ2) is 6.05. The van der Waals surface area contributed by atoms with Crippen LogP contribution in [0.25, 0.3) is 0 Å². The van der Waals surface area contributed by atoms with Crippen LogP contribution in [0.1, 0.15) is 20.8 Å².